The SMILES string of the molecule is CCOC(=O)C1=CN=NC1.CCOC(=O)c1cnn(C2CC2)c1.COC(=O)c1ccc2c(c1)N(Cc1cnn(C3CC3)c1)C(=O)CO2.O=C(CO)c1ccc2c(c1)N(Cc1cnn(C3CC3)c1)C(=O)CO2.OCc1cnn(C2CC2)c1. The lowest BCUT2D eigenvalue weighted by atomic mass is 10.1. The number of fused-ring (bicyclic) bond motifs is 2. The number of aliphatic hydroxyl groups is 2. The number of hydrogen-bond donors (Lipinski definition) is 2. The van der Waals surface area contributed by atoms with Gasteiger partial charge in [0.15, 0.2) is 19.0 Å². The van der Waals surface area contributed by atoms with E-state index in [-0.39, 0.29) is 43.6 Å². The van der Waals surface area contributed by atoms with Gasteiger partial charge in [0.2, 0.25) is 0 Å². The van der Waals surface area contributed by atoms with Crippen LogP contribution in [0.5, 0.6) is 11.5 Å². The third-order valence-corrected chi connectivity index (χ3v) is 13.4. The molecule has 13 rings (SSSR count). The molecule has 0 radical (unpaired) electrons. The summed E-state index contributed by atoms with van der Waals surface area (Å²) < 4.78 is 32.9. The summed E-state index contributed by atoms with van der Waals surface area (Å²) in [7, 11) is 1.33. The molecule has 0 spiro atoms. The Morgan fingerprint density at radius 1 is 0.580 bits per heavy atom. The van der Waals surface area contributed by atoms with Gasteiger partial charge in [0.25, 0.3) is 11.8 Å². The number of carbonyl (C=O) groups is 6. The van der Waals surface area contributed by atoms with Crippen molar-refractivity contribution in [1.82, 2.24) is 39.1 Å². The van der Waals surface area contributed by atoms with Gasteiger partial charge < -0.3 is 43.7 Å². The highest BCUT2D eigenvalue weighted by Crippen LogP contribution is 2.39. The molecule has 4 fully saturated rings. The lowest BCUT2D eigenvalue weighted by Gasteiger charge is -2.29. The summed E-state index contributed by atoms with van der Waals surface area (Å²) in [5.41, 5.74) is 5.73. The van der Waals surface area contributed by atoms with E-state index in [0.29, 0.717) is 102 Å². The van der Waals surface area contributed by atoms with Crippen molar-refractivity contribution in [3.63, 3.8) is 0 Å². The van der Waals surface area contributed by atoms with Crippen LogP contribution < -0.4 is 19.3 Å². The van der Waals surface area contributed by atoms with E-state index in [9.17, 15) is 28.8 Å². The summed E-state index contributed by atoms with van der Waals surface area (Å²) in [6, 6.07) is 11.9. The maximum Gasteiger partial charge on any atom is 0.341 e. The third-order valence-electron chi connectivity index (χ3n) is 13.4. The van der Waals surface area contributed by atoms with Crippen LogP contribution >= 0.6 is 0 Å². The van der Waals surface area contributed by atoms with E-state index in [0.717, 1.165) is 42.4 Å². The molecule has 4 aliphatic carbocycles. The first-order chi connectivity index (χ1) is 39.4. The number of ketones is 1. The molecule has 2 amide bonds. The Bertz CT molecular complexity index is 3150. The van der Waals surface area contributed by atoms with Gasteiger partial charge in [-0.2, -0.15) is 30.6 Å². The van der Waals surface area contributed by atoms with Gasteiger partial charge in [0.1, 0.15) is 18.1 Å². The molecule has 426 valence electrons. The van der Waals surface area contributed by atoms with E-state index in [1.165, 1.54) is 39.0 Å². The number of amides is 2. The average molecular weight is 1110 g/mol. The van der Waals surface area contributed by atoms with Crippen LogP contribution in [0.1, 0.15) is 137 Å². The fraction of sp³-hybridized carbons (Fsp3) is 0.429. The molecule has 0 saturated heterocycles. The number of nitrogens with zero attached hydrogens (tertiary/aromatic N) is 12. The molecule has 4 aromatic heterocycles. The van der Waals surface area contributed by atoms with Crippen molar-refractivity contribution in [3.05, 3.63) is 131 Å². The Balaban J connectivity index is 0.000000129. The lowest BCUT2D eigenvalue weighted by molar-refractivity contribution is -0.138. The number of aromatic nitrogens is 8. The molecule has 7 aliphatic rings. The summed E-state index contributed by atoms with van der Waals surface area (Å²) in [4.78, 5) is 73.4. The fourth-order valence-corrected chi connectivity index (χ4v) is 8.43. The summed E-state index contributed by atoms with van der Waals surface area (Å²) in [5, 5.41) is 41.8. The van der Waals surface area contributed by atoms with Crippen LogP contribution in [0.3, 0.4) is 0 Å². The van der Waals surface area contributed by atoms with Gasteiger partial charge in [-0.3, -0.25) is 33.1 Å². The number of aliphatic hydroxyl groups excluding tert-OH is 2. The maximum atomic E-state index is 12.3. The first-order valence-electron chi connectivity index (χ1n) is 26.9. The average Bonchev–Trinajstić information content (AvgIpc) is 4.64. The second kappa shape index (κ2) is 26.4. The first-order valence-corrected chi connectivity index (χ1v) is 26.9. The number of methoxy groups -OCH3 is 1. The van der Waals surface area contributed by atoms with Crippen LogP contribution in [0.2, 0.25) is 0 Å². The summed E-state index contributed by atoms with van der Waals surface area (Å²) >= 11 is 0. The van der Waals surface area contributed by atoms with E-state index in [1.807, 2.05) is 37.3 Å². The van der Waals surface area contributed by atoms with Gasteiger partial charge in [-0.25, -0.2) is 14.4 Å². The summed E-state index contributed by atoms with van der Waals surface area (Å²) in [6.45, 7) is 4.99. The molecule has 2 aromatic carbocycles. The zero-order valence-electron chi connectivity index (χ0n) is 45.2. The van der Waals surface area contributed by atoms with Crippen molar-refractivity contribution in [2.45, 2.75) is 109 Å². The van der Waals surface area contributed by atoms with Crippen LogP contribution in [0, 0.1) is 0 Å². The standard InChI is InChI=1S/2C17H17N3O4.C9H12N2O2.C7H10N2O.C6H8N2O2/c1-23-17(22)12-2-5-15-14(6-12)19(16(21)10-24-15)8-11-7-18-20(9-11)13-3-4-13;21-9-15(22)12-1-4-16-14(5-12)19(17(23)10-24-16)7-11-6-18-20(8-11)13-2-3-13;1-2-13-9(12)7-5-10-11(6-7)8-3-4-8;10-5-6-3-8-9(4-6)7-1-2-7;1-2-10-6(9)5-3-7-8-4-5/h2,5-7,9,13H,3-4,8,10H2,1H3;1,4-6,8,13,21H,2-3,7,9-10H2;5-6,8H,2-4H2,1H3;3-4,7,10H,1-2,5H2;3H,2,4H2,1H3. The molecule has 0 atom stereocenters. The van der Waals surface area contributed by atoms with Gasteiger partial charge in [0, 0.05) is 47.0 Å². The highest BCUT2D eigenvalue weighted by molar-refractivity contribution is 6.02. The quantitative estimate of drug-likeness (QED) is 0.0615. The minimum atomic E-state index is -0.568. The van der Waals surface area contributed by atoms with E-state index in [2.05, 4.69) is 30.6 Å². The number of rotatable bonds is 16. The summed E-state index contributed by atoms with van der Waals surface area (Å²) in [5.74, 6) is -0.619. The van der Waals surface area contributed by atoms with Crippen molar-refractivity contribution in [3.8, 4) is 11.5 Å². The Labute approximate surface area is 465 Å². The Morgan fingerprint density at radius 2 is 1.04 bits per heavy atom. The van der Waals surface area contributed by atoms with Crippen LogP contribution in [0.4, 0.5) is 11.4 Å². The number of benzene rings is 2. The molecule has 0 unspecified atom stereocenters. The largest absolute Gasteiger partial charge is 0.482 e. The fourth-order valence-electron chi connectivity index (χ4n) is 8.43. The Morgan fingerprint density at radius 3 is 1.48 bits per heavy atom. The van der Waals surface area contributed by atoms with Crippen molar-refractivity contribution in [2.75, 3.05) is 56.5 Å². The highest BCUT2D eigenvalue weighted by atomic mass is 16.5. The topological polar surface area (TPSA) is 292 Å². The molecule has 25 heteroatoms. The van der Waals surface area contributed by atoms with E-state index < -0.39 is 18.4 Å². The zero-order chi connectivity index (χ0) is 57.0. The number of ether oxygens (including phenoxy) is 5. The molecule has 6 aromatic rings. The number of azo groups is 1. The van der Waals surface area contributed by atoms with Crippen LogP contribution in [-0.2, 0) is 48.3 Å². The van der Waals surface area contributed by atoms with Gasteiger partial charge in [0.05, 0.1) is 130 Å². The van der Waals surface area contributed by atoms with Crippen LogP contribution in [-0.4, -0.2) is 132 Å². The molecule has 7 heterocycles. The second-order valence-electron chi connectivity index (χ2n) is 19.8. The molecule has 3 aliphatic heterocycles. The van der Waals surface area contributed by atoms with E-state index in [1.54, 1.807) is 91.0 Å². The minimum absolute atomic E-state index is 0.0126. The summed E-state index contributed by atoms with van der Waals surface area (Å²) in [6.07, 6.45) is 25.3. The Hall–Kier alpha value is -8.84. The molecule has 0 bridgehead atoms. The Kier molecular flexibility index (Phi) is 18.5. The van der Waals surface area contributed by atoms with Crippen molar-refractivity contribution < 1.29 is 62.7 Å². The third kappa shape index (κ3) is 15.1. The molecular formula is C56H64N12O13. The molecular weight excluding hydrogens is 1050 g/mol. The molecule has 25 nitrogen and oxygen atoms in total. The smallest absolute Gasteiger partial charge is 0.341 e. The lowest BCUT2D eigenvalue weighted by Crippen LogP contribution is -2.38. The van der Waals surface area contributed by atoms with E-state index >= 15 is 0 Å². The molecule has 81 heavy (non-hydrogen) atoms. The number of hydrogen-bond acceptors (Lipinski definition) is 19. The number of carbonyl (C=O) groups excluding carboxylic acids is 6. The van der Waals surface area contributed by atoms with Crippen molar-refractivity contribution in [1.29, 1.82) is 0 Å². The maximum absolute atomic E-state index is 12.3. The normalized spacial score (nSPS) is 16.4. The van der Waals surface area contributed by atoms with Gasteiger partial charge in [-0.05, 0) is 102 Å². The number of Topliss-reactive ketones (excluding diaryl/α,β-unsaturated/α-hetero) is 1. The van der Waals surface area contributed by atoms with Gasteiger partial charge in [-0.15, -0.1) is 0 Å². The predicted octanol–water partition coefficient (Wildman–Crippen LogP) is 6.25. The first kappa shape index (κ1) is 56.9. The zero-order valence-corrected chi connectivity index (χ0v) is 45.2. The van der Waals surface area contributed by atoms with Crippen molar-refractivity contribution in [2.24, 2.45) is 10.2 Å². The highest BCUT2D eigenvalue weighted by Gasteiger charge is 2.31. The van der Waals surface area contributed by atoms with Gasteiger partial charge >= 0.3 is 17.9 Å². The van der Waals surface area contributed by atoms with Crippen LogP contribution in [0.25, 0.3) is 0 Å². The second-order valence-corrected chi connectivity index (χ2v) is 19.8. The molecule has 2 N–H and O–H groups in total. The molecule has 4 saturated carbocycles. The van der Waals surface area contributed by atoms with Gasteiger partial charge in [-0.1, -0.05) is 0 Å². The van der Waals surface area contributed by atoms with Crippen molar-refractivity contribution >= 4 is 46.9 Å². The van der Waals surface area contributed by atoms with Crippen LogP contribution in [0.15, 0.2) is 108 Å². The monoisotopic (exact) mass is 1110 g/mol. The van der Waals surface area contributed by atoms with E-state index in [4.69, 9.17) is 33.9 Å². The number of anilines is 2. The predicted molar refractivity (Wildman–Crippen MR) is 287 cm³/mol. The number of esters is 3. The minimum Gasteiger partial charge on any atom is -0.482 e.